The van der Waals surface area contributed by atoms with E-state index < -0.39 is 5.91 Å². The number of nitrogens with one attached hydrogen (secondary N) is 2. The van der Waals surface area contributed by atoms with E-state index in [9.17, 15) is 14.4 Å². The number of fused-ring (bicyclic) bond motifs is 1. The Hall–Kier alpha value is -3.86. The molecule has 2 N–H and O–H groups in total. The summed E-state index contributed by atoms with van der Waals surface area (Å²) < 4.78 is 13.8. The van der Waals surface area contributed by atoms with Gasteiger partial charge in [-0.3, -0.25) is 14.3 Å². The van der Waals surface area contributed by atoms with Crippen LogP contribution in [0.1, 0.15) is 62.9 Å². The number of hydrogen-bond acceptors (Lipinski definition) is 7. The van der Waals surface area contributed by atoms with Gasteiger partial charge in [0, 0.05) is 55.6 Å². The lowest BCUT2D eigenvalue weighted by Crippen LogP contribution is -2.49. The van der Waals surface area contributed by atoms with Crippen LogP contribution in [0.4, 0.5) is 10.5 Å². The van der Waals surface area contributed by atoms with E-state index in [1.807, 2.05) is 31.6 Å². The minimum atomic E-state index is -0.418. The maximum Gasteiger partial charge on any atom is 0.409 e. The van der Waals surface area contributed by atoms with E-state index in [1.165, 1.54) is 18.8 Å². The number of pyridine rings is 1. The fraction of sp³-hybridized carbons (Fsp3) is 0.517. The van der Waals surface area contributed by atoms with Crippen LogP contribution in [0.5, 0.6) is 5.75 Å². The van der Waals surface area contributed by atoms with Gasteiger partial charge in [0.15, 0.2) is 0 Å². The van der Waals surface area contributed by atoms with Crippen LogP contribution in [0, 0.1) is 0 Å². The molecule has 0 aliphatic heterocycles. The van der Waals surface area contributed by atoms with Crippen molar-refractivity contribution in [1.29, 1.82) is 0 Å². The van der Waals surface area contributed by atoms with Crippen molar-refractivity contribution in [1.82, 2.24) is 24.6 Å². The molecule has 2 amide bonds. The van der Waals surface area contributed by atoms with Gasteiger partial charge < -0.3 is 29.6 Å². The van der Waals surface area contributed by atoms with Crippen LogP contribution < -0.4 is 20.9 Å². The van der Waals surface area contributed by atoms with E-state index in [-0.39, 0.29) is 28.9 Å². The molecule has 1 aliphatic rings. The van der Waals surface area contributed by atoms with Gasteiger partial charge >= 0.3 is 6.09 Å². The number of ether oxygens (including phenoxy) is 2. The fourth-order valence-electron chi connectivity index (χ4n) is 5.22. The smallest absolute Gasteiger partial charge is 0.409 e. The second-order valence-electron chi connectivity index (χ2n) is 11.3. The van der Waals surface area contributed by atoms with Crippen molar-refractivity contribution >= 4 is 28.6 Å². The monoisotopic (exact) mass is 552 g/mol. The average molecular weight is 553 g/mol. The Morgan fingerprint density at radius 3 is 2.52 bits per heavy atom. The molecule has 11 heteroatoms. The van der Waals surface area contributed by atoms with Crippen molar-refractivity contribution in [2.75, 3.05) is 32.6 Å². The van der Waals surface area contributed by atoms with Crippen LogP contribution in [0.3, 0.4) is 0 Å². The normalized spacial score (nSPS) is 17.4. The molecule has 2 aromatic heterocycles. The minimum absolute atomic E-state index is 0.203. The Balaban J connectivity index is 1.39. The molecule has 0 radical (unpaired) electrons. The first kappa shape index (κ1) is 29.1. The third-order valence-electron chi connectivity index (χ3n) is 7.50. The molecule has 0 atom stereocenters. The summed E-state index contributed by atoms with van der Waals surface area (Å²) in [6, 6.07) is 7.43. The topological polar surface area (TPSA) is 120 Å². The molecule has 11 nitrogen and oxygen atoms in total. The van der Waals surface area contributed by atoms with Crippen LogP contribution in [0.2, 0.25) is 0 Å². The zero-order valence-electron chi connectivity index (χ0n) is 24.2. The number of aryl methyl sites for hydroxylation is 1. The Morgan fingerprint density at radius 2 is 1.88 bits per heavy atom. The van der Waals surface area contributed by atoms with E-state index in [0.717, 1.165) is 36.6 Å². The molecule has 3 aromatic rings. The van der Waals surface area contributed by atoms with Crippen molar-refractivity contribution in [3.05, 3.63) is 52.6 Å². The summed E-state index contributed by atoms with van der Waals surface area (Å²) in [5, 5.41) is 11.9. The zero-order chi connectivity index (χ0) is 29.0. The van der Waals surface area contributed by atoms with Gasteiger partial charge in [0.1, 0.15) is 11.4 Å². The third kappa shape index (κ3) is 6.47. The molecule has 1 aliphatic carbocycles. The summed E-state index contributed by atoms with van der Waals surface area (Å²) in [6.07, 6.45) is 7.22. The van der Waals surface area contributed by atoms with Crippen molar-refractivity contribution in [2.24, 2.45) is 7.05 Å². The number of carbonyl (C=O) groups excluding carboxylic acids is 2. The first-order valence-corrected chi connectivity index (χ1v) is 13.6. The summed E-state index contributed by atoms with van der Waals surface area (Å²) in [5.74, 6) is -0.0224. The van der Waals surface area contributed by atoms with Crippen molar-refractivity contribution in [2.45, 2.75) is 64.1 Å². The third-order valence-corrected chi connectivity index (χ3v) is 7.50. The van der Waals surface area contributed by atoms with Crippen molar-refractivity contribution in [3.63, 3.8) is 0 Å². The Morgan fingerprint density at radius 1 is 1.15 bits per heavy atom. The molecule has 40 heavy (non-hydrogen) atoms. The number of rotatable bonds is 8. The minimum Gasteiger partial charge on any atom is -0.496 e. The van der Waals surface area contributed by atoms with E-state index >= 15 is 0 Å². The summed E-state index contributed by atoms with van der Waals surface area (Å²) in [4.78, 5) is 39.3. The first-order chi connectivity index (χ1) is 19.0. The number of carbonyl (C=O) groups is 2. The van der Waals surface area contributed by atoms with E-state index in [4.69, 9.17) is 14.6 Å². The maximum absolute atomic E-state index is 13.1. The van der Waals surface area contributed by atoms with E-state index in [2.05, 4.69) is 10.6 Å². The largest absolute Gasteiger partial charge is 0.496 e. The molecular weight excluding hydrogens is 512 g/mol. The molecule has 216 valence electrons. The highest BCUT2D eigenvalue weighted by atomic mass is 16.5. The summed E-state index contributed by atoms with van der Waals surface area (Å²) in [7, 11) is 4.55. The Bertz CT molecular complexity index is 1410. The lowest BCUT2D eigenvalue weighted by atomic mass is 9.91. The summed E-state index contributed by atoms with van der Waals surface area (Å²) in [5.41, 5.74) is 0.688. The van der Waals surface area contributed by atoms with Gasteiger partial charge in [-0.05, 0) is 64.7 Å². The zero-order valence-corrected chi connectivity index (χ0v) is 24.2. The van der Waals surface area contributed by atoms with Crippen LogP contribution in [0.25, 0.3) is 10.9 Å². The van der Waals surface area contributed by atoms with Gasteiger partial charge in [0.25, 0.3) is 11.5 Å². The van der Waals surface area contributed by atoms with E-state index in [0.29, 0.717) is 30.4 Å². The highest BCUT2D eigenvalue weighted by Gasteiger charge is 2.28. The van der Waals surface area contributed by atoms with Gasteiger partial charge in [-0.15, -0.1) is 0 Å². The number of amides is 2. The quantitative estimate of drug-likeness (QED) is 0.434. The number of methoxy groups -OCH3 is 2. The summed E-state index contributed by atoms with van der Waals surface area (Å²) in [6.45, 7) is 7.28. The van der Waals surface area contributed by atoms with Crippen LogP contribution in [0.15, 0.2) is 41.5 Å². The predicted octanol–water partition coefficient (Wildman–Crippen LogP) is 3.94. The van der Waals surface area contributed by atoms with Gasteiger partial charge in [0.2, 0.25) is 0 Å². The van der Waals surface area contributed by atoms with Gasteiger partial charge in [-0.1, -0.05) is 0 Å². The highest BCUT2D eigenvalue weighted by molar-refractivity contribution is 6.08. The average Bonchev–Trinajstić information content (AvgIpc) is 3.35. The molecule has 1 aromatic carbocycles. The van der Waals surface area contributed by atoms with Gasteiger partial charge in [-0.25, -0.2) is 4.79 Å². The molecule has 1 fully saturated rings. The lowest BCUT2D eigenvalue weighted by Gasteiger charge is -2.35. The first-order valence-electron chi connectivity index (χ1n) is 13.6. The Labute approximate surface area is 234 Å². The lowest BCUT2D eigenvalue weighted by molar-refractivity contribution is 0.0832. The number of hydrogen-bond donors (Lipinski definition) is 2. The summed E-state index contributed by atoms with van der Waals surface area (Å²) >= 11 is 0. The second kappa shape index (κ2) is 12.1. The molecule has 1 saturated carbocycles. The van der Waals surface area contributed by atoms with Gasteiger partial charge in [0.05, 0.1) is 31.3 Å². The van der Waals surface area contributed by atoms with Crippen LogP contribution >= 0.6 is 0 Å². The molecule has 0 spiro atoms. The molecular formula is C29H40N6O5. The van der Waals surface area contributed by atoms with Crippen molar-refractivity contribution < 1.29 is 19.1 Å². The highest BCUT2D eigenvalue weighted by Crippen LogP contribution is 2.31. The van der Waals surface area contributed by atoms with Gasteiger partial charge in [-0.2, -0.15) is 5.10 Å². The van der Waals surface area contributed by atoms with Crippen LogP contribution in [-0.2, 0) is 11.8 Å². The van der Waals surface area contributed by atoms with Crippen LogP contribution in [-0.4, -0.2) is 70.1 Å². The molecule has 0 saturated heterocycles. The predicted molar refractivity (Wildman–Crippen MR) is 154 cm³/mol. The number of benzene rings is 1. The molecule has 2 heterocycles. The van der Waals surface area contributed by atoms with E-state index in [1.54, 1.807) is 42.4 Å². The molecule has 4 rings (SSSR count). The van der Waals surface area contributed by atoms with Crippen molar-refractivity contribution in [3.8, 4) is 5.75 Å². The number of aromatic nitrogens is 3. The molecule has 0 unspecified atom stereocenters. The SMILES string of the molecule is COC(=O)N(CCNC1CCC(n2cc3cc(C(=O)Nc4cccn(C)c4=O)c(OC)cc3n2)CC1)C(C)(C)C. The number of nitrogens with zero attached hydrogens (tertiary/aromatic N) is 4. The standard InChI is InChI=1S/C29H40N6O5/c1-29(2,3)34(28(38)40-6)15-13-30-20-9-11-21(12-10-20)35-18-19-16-22(25(39-5)17-24(19)32-35)26(36)31-23-8-7-14-33(4)27(23)37/h7-8,14,16-18,20-21,30H,9-13,15H2,1-6H3,(H,31,36). The molecule has 0 bridgehead atoms. The maximum atomic E-state index is 13.1. The fourth-order valence-corrected chi connectivity index (χ4v) is 5.22. The number of anilines is 1. The Kier molecular flexibility index (Phi) is 8.82. The second-order valence-corrected chi connectivity index (χ2v) is 11.3.